The topological polar surface area (TPSA) is 108 Å². The second kappa shape index (κ2) is 6.71. The Balaban J connectivity index is 1.06. The number of hydrogen-bond acceptors (Lipinski definition) is 8. The van der Waals surface area contributed by atoms with E-state index in [2.05, 4.69) is 48.2 Å². The average molecular weight is 440 g/mol. The minimum Gasteiger partial charge on any atom is -0.371 e. The van der Waals surface area contributed by atoms with Gasteiger partial charge in [0, 0.05) is 49.5 Å². The van der Waals surface area contributed by atoms with Crippen LogP contribution < -0.4 is 10.5 Å². The SMILES string of the molecule is Cn1cnc2ncn(Cc3nc(C4[C@H]5CN(c6ccc7ccncc7c6)C[C@@H]45)no3)c(=O)c21. The van der Waals surface area contributed by atoms with Gasteiger partial charge in [0.05, 0.1) is 6.33 Å². The van der Waals surface area contributed by atoms with Crippen LogP contribution in [-0.2, 0) is 13.6 Å². The Morgan fingerprint density at radius 1 is 1.09 bits per heavy atom. The van der Waals surface area contributed by atoms with Crippen LogP contribution in [-0.4, -0.2) is 47.3 Å². The third kappa shape index (κ3) is 2.86. The fraction of sp³-hybridized carbons (Fsp3) is 0.304. The molecule has 10 nitrogen and oxygen atoms in total. The lowest BCUT2D eigenvalue weighted by Gasteiger charge is -2.21. The summed E-state index contributed by atoms with van der Waals surface area (Å²) in [5, 5.41) is 6.59. The van der Waals surface area contributed by atoms with E-state index in [0.717, 1.165) is 24.3 Å². The van der Waals surface area contributed by atoms with Gasteiger partial charge in [-0.3, -0.25) is 14.3 Å². The minimum absolute atomic E-state index is 0.177. The van der Waals surface area contributed by atoms with Crippen LogP contribution in [0.25, 0.3) is 21.9 Å². The third-order valence-electron chi connectivity index (χ3n) is 6.97. The number of imidazole rings is 1. The molecule has 2 fully saturated rings. The van der Waals surface area contributed by atoms with Crippen LogP contribution in [0.1, 0.15) is 17.6 Å². The Morgan fingerprint density at radius 2 is 1.94 bits per heavy atom. The van der Waals surface area contributed by atoms with Gasteiger partial charge >= 0.3 is 0 Å². The van der Waals surface area contributed by atoms with E-state index in [9.17, 15) is 4.79 Å². The van der Waals surface area contributed by atoms with Crippen molar-refractivity contribution in [3.05, 3.63) is 71.4 Å². The van der Waals surface area contributed by atoms with E-state index >= 15 is 0 Å². The molecule has 1 saturated heterocycles. The van der Waals surface area contributed by atoms with Crippen LogP contribution in [0, 0.1) is 11.8 Å². The predicted molar refractivity (Wildman–Crippen MR) is 120 cm³/mol. The van der Waals surface area contributed by atoms with Crippen LogP contribution >= 0.6 is 0 Å². The molecule has 0 bridgehead atoms. The van der Waals surface area contributed by atoms with Crippen LogP contribution in [0.4, 0.5) is 5.69 Å². The monoisotopic (exact) mass is 440 g/mol. The van der Waals surface area contributed by atoms with Crippen LogP contribution in [0.15, 0.2) is 58.6 Å². The molecule has 1 unspecified atom stereocenters. The summed E-state index contributed by atoms with van der Waals surface area (Å²) in [4.78, 5) is 32.4. The van der Waals surface area contributed by atoms with Crippen molar-refractivity contribution in [1.29, 1.82) is 0 Å². The van der Waals surface area contributed by atoms with Gasteiger partial charge in [0.25, 0.3) is 5.56 Å². The fourth-order valence-electron chi connectivity index (χ4n) is 5.19. The summed E-state index contributed by atoms with van der Waals surface area (Å²) in [5.41, 5.74) is 1.94. The molecule has 5 aromatic rings. The van der Waals surface area contributed by atoms with Crippen molar-refractivity contribution in [1.82, 2.24) is 34.2 Å². The smallest absolute Gasteiger partial charge is 0.280 e. The molecule has 0 spiro atoms. The maximum atomic E-state index is 12.7. The summed E-state index contributed by atoms with van der Waals surface area (Å²) in [6, 6.07) is 8.57. The Bertz CT molecular complexity index is 1570. The molecule has 33 heavy (non-hydrogen) atoms. The highest BCUT2D eigenvalue weighted by molar-refractivity contribution is 5.85. The zero-order chi connectivity index (χ0) is 22.1. The number of piperidine rings is 1. The molecule has 3 atom stereocenters. The van der Waals surface area contributed by atoms with E-state index in [1.54, 1.807) is 17.9 Å². The number of aromatic nitrogens is 7. The number of benzene rings is 1. The summed E-state index contributed by atoms with van der Waals surface area (Å²) in [5.74, 6) is 2.52. The third-order valence-corrected chi connectivity index (χ3v) is 6.97. The molecule has 4 aromatic heterocycles. The lowest BCUT2D eigenvalue weighted by Crippen LogP contribution is -2.23. The van der Waals surface area contributed by atoms with Gasteiger partial charge in [0.1, 0.15) is 12.9 Å². The molecule has 0 amide bonds. The highest BCUT2D eigenvalue weighted by Gasteiger charge is 2.58. The number of nitrogens with zero attached hydrogens (tertiary/aromatic N) is 8. The number of anilines is 1. The van der Waals surface area contributed by atoms with E-state index in [1.165, 1.54) is 22.0 Å². The van der Waals surface area contributed by atoms with Gasteiger partial charge in [-0.15, -0.1) is 0 Å². The van der Waals surface area contributed by atoms with Crippen molar-refractivity contribution in [3.63, 3.8) is 0 Å². The van der Waals surface area contributed by atoms with E-state index in [4.69, 9.17) is 4.52 Å². The summed E-state index contributed by atoms with van der Waals surface area (Å²) in [6.45, 7) is 2.15. The Hall–Kier alpha value is -4.08. The van der Waals surface area contributed by atoms with Crippen LogP contribution in [0.2, 0.25) is 0 Å². The van der Waals surface area contributed by atoms with Crippen molar-refractivity contribution in [3.8, 4) is 0 Å². The molecule has 1 aromatic carbocycles. The summed E-state index contributed by atoms with van der Waals surface area (Å²) < 4.78 is 8.63. The molecule has 7 rings (SSSR count). The van der Waals surface area contributed by atoms with E-state index < -0.39 is 0 Å². The van der Waals surface area contributed by atoms with Gasteiger partial charge in [0.2, 0.25) is 5.89 Å². The first-order chi connectivity index (χ1) is 16.2. The summed E-state index contributed by atoms with van der Waals surface area (Å²) >= 11 is 0. The molecule has 1 saturated carbocycles. The number of fused-ring (bicyclic) bond motifs is 3. The molecule has 10 heteroatoms. The van der Waals surface area contributed by atoms with Crippen molar-refractivity contribution in [2.45, 2.75) is 12.5 Å². The highest BCUT2D eigenvalue weighted by Crippen LogP contribution is 2.58. The second-order valence-electron chi connectivity index (χ2n) is 8.92. The number of aryl methyl sites for hydroxylation is 1. The van der Waals surface area contributed by atoms with Crippen molar-refractivity contribution < 1.29 is 4.52 Å². The van der Waals surface area contributed by atoms with Crippen LogP contribution in [0.5, 0.6) is 0 Å². The average Bonchev–Trinajstić information content (AvgIpc) is 3.24. The lowest BCUT2D eigenvalue weighted by molar-refractivity contribution is 0.363. The largest absolute Gasteiger partial charge is 0.371 e. The van der Waals surface area contributed by atoms with E-state index in [0.29, 0.717) is 34.8 Å². The standard InChI is InChI=1S/C23H20N8O2/c1-29-11-25-22-20(29)23(32)31(12-26-22)10-18-27-21(28-33-18)19-16-8-30(9-17(16)19)15-3-2-13-4-5-24-7-14(13)6-15/h2-7,11-12,16-17,19H,8-10H2,1H3/t16-,17+,19?. The molecule has 1 aliphatic carbocycles. The summed E-state index contributed by atoms with van der Waals surface area (Å²) in [6.07, 6.45) is 6.79. The maximum Gasteiger partial charge on any atom is 0.280 e. The second-order valence-corrected chi connectivity index (χ2v) is 8.92. The van der Waals surface area contributed by atoms with E-state index in [1.807, 2.05) is 18.5 Å². The molecule has 2 aliphatic rings. The highest BCUT2D eigenvalue weighted by atomic mass is 16.5. The van der Waals surface area contributed by atoms with Crippen molar-refractivity contribution in [2.75, 3.05) is 18.0 Å². The normalized spacial score (nSPS) is 21.7. The maximum absolute atomic E-state index is 12.7. The fourth-order valence-corrected chi connectivity index (χ4v) is 5.19. The van der Waals surface area contributed by atoms with Crippen molar-refractivity contribution >= 4 is 27.6 Å². The first-order valence-electron chi connectivity index (χ1n) is 10.9. The predicted octanol–water partition coefficient (Wildman–Crippen LogP) is 1.96. The number of rotatable bonds is 4. The summed E-state index contributed by atoms with van der Waals surface area (Å²) in [7, 11) is 1.78. The van der Waals surface area contributed by atoms with Crippen LogP contribution in [0.3, 0.4) is 0 Å². The first-order valence-corrected chi connectivity index (χ1v) is 10.9. The van der Waals surface area contributed by atoms with Gasteiger partial charge in [0.15, 0.2) is 17.0 Å². The molecular formula is C23H20N8O2. The molecule has 0 N–H and O–H groups in total. The minimum atomic E-state index is -0.177. The zero-order valence-corrected chi connectivity index (χ0v) is 17.9. The molecule has 0 radical (unpaired) electrons. The molecule has 164 valence electrons. The van der Waals surface area contributed by atoms with Gasteiger partial charge in [-0.1, -0.05) is 11.2 Å². The zero-order valence-electron chi connectivity index (χ0n) is 17.9. The molecule has 1 aliphatic heterocycles. The number of pyridine rings is 1. The van der Waals surface area contributed by atoms with Gasteiger partial charge in [-0.2, -0.15) is 4.98 Å². The number of hydrogen-bond donors (Lipinski definition) is 0. The van der Waals surface area contributed by atoms with Gasteiger partial charge in [-0.25, -0.2) is 9.97 Å². The van der Waals surface area contributed by atoms with Gasteiger partial charge in [-0.05, 0) is 35.4 Å². The Kier molecular flexibility index (Phi) is 3.76. The molecular weight excluding hydrogens is 420 g/mol. The quantitative estimate of drug-likeness (QED) is 0.417. The first kappa shape index (κ1) is 18.5. The van der Waals surface area contributed by atoms with Gasteiger partial charge < -0.3 is 14.0 Å². The lowest BCUT2D eigenvalue weighted by atomic mass is 10.1. The Labute approximate surface area is 187 Å². The molecule has 5 heterocycles. The van der Waals surface area contributed by atoms with Crippen molar-refractivity contribution in [2.24, 2.45) is 18.9 Å². The Morgan fingerprint density at radius 3 is 2.82 bits per heavy atom. The van der Waals surface area contributed by atoms with E-state index in [-0.39, 0.29) is 12.1 Å².